The summed E-state index contributed by atoms with van der Waals surface area (Å²) in [5.74, 6) is 0.0411. The molecule has 0 spiro atoms. The first kappa shape index (κ1) is 14.7. The summed E-state index contributed by atoms with van der Waals surface area (Å²) < 4.78 is 31.6. The Morgan fingerprint density at radius 1 is 1.37 bits per heavy atom. The molecule has 2 fully saturated rings. The lowest BCUT2D eigenvalue weighted by Gasteiger charge is -2.35. The maximum Gasteiger partial charge on any atom is 0.236 e. The second kappa shape index (κ2) is 6.13. The van der Waals surface area contributed by atoms with Crippen molar-refractivity contribution in [2.24, 2.45) is 10.9 Å². The van der Waals surface area contributed by atoms with Crippen LogP contribution in [-0.4, -0.2) is 50.0 Å². The number of ether oxygens (including phenoxy) is 1. The molecule has 0 aliphatic carbocycles. The Morgan fingerprint density at radius 2 is 2.16 bits per heavy atom. The van der Waals surface area contributed by atoms with Gasteiger partial charge in [-0.25, -0.2) is 13.2 Å². The van der Waals surface area contributed by atoms with Gasteiger partial charge in [0, 0.05) is 13.2 Å². The third-order valence-corrected chi connectivity index (χ3v) is 5.71. The van der Waals surface area contributed by atoms with Crippen molar-refractivity contribution in [2.45, 2.75) is 44.9 Å². The van der Waals surface area contributed by atoms with Gasteiger partial charge in [-0.1, -0.05) is 6.92 Å². The number of sulfonamides is 1. The summed E-state index contributed by atoms with van der Waals surface area (Å²) in [6.45, 7) is 2.97. The van der Waals surface area contributed by atoms with E-state index in [9.17, 15) is 13.2 Å². The second-order valence-electron chi connectivity index (χ2n) is 5.28. The van der Waals surface area contributed by atoms with E-state index in [1.165, 1.54) is 10.4 Å². The molecule has 2 saturated heterocycles. The summed E-state index contributed by atoms with van der Waals surface area (Å²) >= 11 is 0. The molecule has 0 aromatic carbocycles. The van der Waals surface area contributed by atoms with E-state index in [0.717, 1.165) is 25.7 Å². The summed E-state index contributed by atoms with van der Waals surface area (Å²) in [4.78, 5) is 14.2. The van der Waals surface area contributed by atoms with Crippen LogP contribution in [0.2, 0.25) is 0 Å². The van der Waals surface area contributed by atoms with E-state index in [2.05, 4.69) is 4.99 Å². The number of piperidine rings is 1. The smallest absolute Gasteiger partial charge is 0.236 e. The fourth-order valence-electron chi connectivity index (χ4n) is 2.79. The lowest BCUT2D eigenvalue weighted by Crippen LogP contribution is -2.48. The van der Waals surface area contributed by atoms with Crippen LogP contribution < -0.4 is 0 Å². The zero-order valence-electron chi connectivity index (χ0n) is 11.1. The van der Waals surface area contributed by atoms with Crippen LogP contribution in [0.3, 0.4) is 0 Å². The molecule has 108 valence electrons. The van der Waals surface area contributed by atoms with Crippen LogP contribution in [-0.2, 0) is 19.6 Å². The van der Waals surface area contributed by atoms with E-state index in [4.69, 9.17) is 4.74 Å². The molecule has 2 heterocycles. The van der Waals surface area contributed by atoms with Crippen molar-refractivity contribution in [1.82, 2.24) is 4.31 Å². The Balaban J connectivity index is 2.13. The van der Waals surface area contributed by atoms with E-state index >= 15 is 0 Å². The van der Waals surface area contributed by atoms with Crippen LogP contribution in [0.1, 0.15) is 32.6 Å². The molecular formula is C12H20N2O4S. The predicted octanol–water partition coefficient (Wildman–Crippen LogP) is 0.889. The summed E-state index contributed by atoms with van der Waals surface area (Å²) in [5.41, 5.74) is 0. The molecule has 0 N–H and O–H groups in total. The lowest BCUT2D eigenvalue weighted by molar-refractivity contribution is 0.124. The third-order valence-electron chi connectivity index (χ3n) is 3.80. The van der Waals surface area contributed by atoms with Gasteiger partial charge in [0.1, 0.15) is 6.17 Å². The van der Waals surface area contributed by atoms with Gasteiger partial charge < -0.3 is 4.74 Å². The molecular weight excluding hydrogens is 268 g/mol. The van der Waals surface area contributed by atoms with E-state index < -0.39 is 16.2 Å². The molecule has 0 bridgehead atoms. The Kier molecular flexibility index (Phi) is 4.73. The molecule has 0 saturated carbocycles. The van der Waals surface area contributed by atoms with E-state index in [1.807, 2.05) is 6.92 Å². The number of aliphatic imine (C=N–C) groups is 1. The van der Waals surface area contributed by atoms with Crippen molar-refractivity contribution >= 4 is 16.1 Å². The average molecular weight is 288 g/mol. The minimum Gasteiger partial charge on any atom is -0.377 e. The standard InChI is InChI=1S/C12H20N2O4S/c1-10-4-2-6-14(12(10)13-9-15)19(16,17)8-11-5-3-7-18-11/h10-12H,2-8H2,1H3. The Bertz CT molecular complexity index is 452. The van der Waals surface area contributed by atoms with Gasteiger partial charge in [-0.3, -0.25) is 0 Å². The molecule has 3 unspecified atom stereocenters. The molecule has 0 amide bonds. The third kappa shape index (κ3) is 3.42. The summed E-state index contributed by atoms with van der Waals surface area (Å²) in [5, 5.41) is 0. The Labute approximate surface area is 113 Å². The van der Waals surface area contributed by atoms with Crippen LogP contribution >= 0.6 is 0 Å². The van der Waals surface area contributed by atoms with Gasteiger partial charge in [-0.15, -0.1) is 0 Å². The molecule has 2 aliphatic rings. The van der Waals surface area contributed by atoms with Gasteiger partial charge in [-0.05, 0) is 31.6 Å². The first-order valence-corrected chi connectivity index (χ1v) is 8.33. The van der Waals surface area contributed by atoms with Crippen molar-refractivity contribution < 1.29 is 17.9 Å². The van der Waals surface area contributed by atoms with E-state index in [-0.39, 0.29) is 17.8 Å². The minimum absolute atomic E-state index is 0.00933. The van der Waals surface area contributed by atoms with Crippen molar-refractivity contribution in [2.75, 3.05) is 18.9 Å². The SMILES string of the molecule is CC1CCCN(S(=O)(=O)CC2CCCO2)C1N=C=O. The Hall–Kier alpha value is -0.750. The van der Waals surface area contributed by atoms with Crippen LogP contribution in [0.5, 0.6) is 0 Å². The first-order chi connectivity index (χ1) is 9.04. The fourth-order valence-corrected chi connectivity index (χ4v) is 4.71. The molecule has 2 rings (SSSR count). The van der Waals surface area contributed by atoms with Gasteiger partial charge in [0.05, 0.1) is 11.9 Å². The average Bonchev–Trinajstić information content (AvgIpc) is 2.84. The minimum atomic E-state index is -3.44. The number of carbonyl (C=O) groups excluding carboxylic acids is 1. The highest BCUT2D eigenvalue weighted by Gasteiger charge is 2.38. The van der Waals surface area contributed by atoms with Gasteiger partial charge >= 0.3 is 0 Å². The highest BCUT2D eigenvalue weighted by Crippen LogP contribution is 2.28. The summed E-state index contributed by atoms with van der Waals surface area (Å²) in [6.07, 6.45) is 4.05. The van der Waals surface area contributed by atoms with E-state index in [0.29, 0.717) is 13.2 Å². The van der Waals surface area contributed by atoms with Crippen molar-refractivity contribution in [3.63, 3.8) is 0 Å². The highest BCUT2D eigenvalue weighted by atomic mass is 32.2. The molecule has 0 aromatic rings. The second-order valence-corrected chi connectivity index (χ2v) is 7.24. The normalized spacial score (nSPS) is 33.0. The van der Waals surface area contributed by atoms with Crippen molar-refractivity contribution in [3.8, 4) is 0 Å². The largest absolute Gasteiger partial charge is 0.377 e. The van der Waals surface area contributed by atoms with Gasteiger partial charge in [-0.2, -0.15) is 9.30 Å². The zero-order valence-corrected chi connectivity index (χ0v) is 11.9. The van der Waals surface area contributed by atoms with Gasteiger partial charge in [0.25, 0.3) is 0 Å². The monoisotopic (exact) mass is 288 g/mol. The maximum atomic E-state index is 12.4. The molecule has 7 heteroatoms. The van der Waals surface area contributed by atoms with Crippen LogP contribution in [0.4, 0.5) is 0 Å². The molecule has 0 radical (unpaired) electrons. The lowest BCUT2D eigenvalue weighted by atomic mass is 9.98. The highest BCUT2D eigenvalue weighted by molar-refractivity contribution is 7.89. The molecule has 3 atom stereocenters. The van der Waals surface area contributed by atoms with E-state index in [1.54, 1.807) is 0 Å². The predicted molar refractivity (Wildman–Crippen MR) is 69.8 cm³/mol. The van der Waals surface area contributed by atoms with Gasteiger partial charge in [0.2, 0.25) is 16.1 Å². The molecule has 6 nitrogen and oxygen atoms in total. The fraction of sp³-hybridized carbons (Fsp3) is 0.917. The van der Waals surface area contributed by atoms with Crippen LogP contribution in [0.15, 0.2) is 4.99 Å². The number of isocyanates is 1. The topological polar surface area (TPSA) is 76.0 Å². The van der Waals surface area contributed by atoms with Crippen molar-refractivity contribution in [1.29, 1.82) is 0 Å². The number of rotatable bonds is 4. The Morgan fingerprint density at radius 3 is 2.79 bits per heavy atom. The number of hydrogen-bond acceptors (Lipinski definition) is 5. The summed E-state index contributed by atoms with van der Waals surface area (Å²) in [7, 11) is -3.44. The van der Waals surface area contributed by atoms with Crippen molar-refractivity contribution in [3.05, 3.63) is 0 Å². The van der Waals surface area contributed by atoms with Crippen LogP contribution in [0, 0.1) is 5.92 Å². The molecule has 0 aromatic heterocycles. The number of hydrogen-bond donors (Lipinski definition) is 0. The summed E-state index contributed by atoms with van der Waals surface area (Å²) in [6, 6.07) is 0. The van der Waals surface area contributed by atoms with Gasteiger partial charge in [0.15, 0.2) is 0 Å². The first-order valence-electron chi connectivity index (χ1n) is 6.72. The van der Waals surface area contributed by atoms with Crippen LogP contribution in [0.25, 0.3) is 0 Å². The maximum absolute atomic E-state index is 12.4. The zero-order chi connectivity index (χ0) is 13.9. The molecule has 19 heavy (non-hydrogen) atoms. The molecule has 2 aliphatic heterocycles. The quantitative estimate of drug-likeness (QED) is 0.568. The number of nitrogens with zero attached hydrogens (tertiary/aromatic N) is 2.